The molecule has 118 valence electrons. The second kappa shape index (κ2) is 6.30. The highest BCUT2D eigenvalue weighted by molar-refractivity contribution is 7.17. The fourth-order valence-electron chi connectivity index (χ4n) is 2.85. The van der Waals surface area contributed by atoms with Gasteiger partial charge >= 0.3 is 12.8 Å². The van der Waals surface area contributed by atoms with Gasteiger partial charge in [0.15, 0.2) is 0 Å². The number of hydrogen-bond donors (Lipinski definition) is 1. The zero-order chi connectivity index (χ0) is 16.5. The van der Waals surface area contributed by atoms with Crippen molar-refractivity contribution in [1.29, 1.82) is 0 Å². The maximum atomic E-state index is 11.8. The van der Waals surface area contributed by atoms with E-state index in [2.05, 4.69) is 40.9 Å². The summed E-state index contributed by atoms with van der Waals surface area (Å²) in [5.74, 6) is -0.293. The second-order valence-electron chi connectivity index (χ2n) is 5.45. The average Bonchev–Trinajstić information content (AvgIpc) is 3.29. The normalized spacial score (nSPS) is 13.0. The Bertz CT molecular complexity index is 901. The predicted molar refractivity (Wildman–Crippen MR) is 103 cm³/mol. The molecule has 0 aliphatic carbocycles. The van der Waals surface area contributed by atoms with Crippen LogP contribution in [0.3, 0.4) is 0 Å². The summed E-state index contributed by atoms with van der Waals surface area (Å²) in [4.78, 5) is 14.7. The summed E-state index contributed by atoms with van der Waals surface area (Å²) in [6, 6.07) is 16.4. The number of benzene rings is 1. The third-order valence-corrected chi connectivity index (χ3v) is 5.96. The van der Waals surface area contributed by atoms with Crippen LogP contribution in [0.2, 0.25) is 0 Å². The van der Waals surface area contributed by atoms with Gasteiger partial charge in [-0.25, -0.2) is 4.79 Å². The Morgan fingerprint density at radius 2 is 2.00 bits per heavy atom. The third-order valence-electron chi connectivity index (χ3n) is 3.98. The van der Waals surface area contributed by atoms with Gasteiger partial charge in [0.05, 0.1) is 7.11 Å². The lowest BCUT2D eigenvalue weighted by atomic mass is 9.48. The number of esters is 1. The molecule has 1 N–H and O–H groups in total. The van der Waals surface area contributed by atoms with Crippen LogP contribution in [-0.2, 0) is 4.74 Å². The van der Waals surface area contributed by atoms with Crippen molar-refractivity contribution in [3.05, 3.63) is 68.5 Å². The molecule has 0 amide bonds. The topological polar surface area (TPSA) is 38.3 Å². The van der Waals surface area contributed by atoms with Gasteiger partial charge in [-0.1, -0.05) is 41.9 Å². The molecule has 0 radical (unpaired) electrons. The van der Waals surface area contributed by atoms with Gasteiger partial charge in [0.2, 0.25) is 0 Å². The number of carbonyl (C=O) groups is 1. The molecule has 24 heavy (non-hydrogen) atoms. The summed E-state index contributed by atoms with van der Waals surface area (Å²) in [7, 11) is 1.41. The van der Waals surface area contributed by atoms with Crippen LogP contribution in [0.4, 0.5) is 5.69 Å². The summed E-state index contributed by atoms with van der Waals surface area (Å²) in [5.41, 5.74) is 3.41. The van der Waals surface area contributed by atoms with Gasteiger partial charge in [0, 0.05) is 15.4 Å². The first-order valence-corrected chi connectivity index (χ1v) is 9.25. The van der Waals surface area contributed by atoms with Crippen molar-refractivity contribution in [2.45, 2.75) is 0 Å². The maximum Gasteiger partial charge on any atom is 0.348 e. The largest absolute Gasteiger partial charge is 0.465 e. The predicted octanol–water partition coefficient (Wildman–Crippen LogP) is 4.00. The van der Waals surface area contributed by atoms with Crippen molar-refractivity contribution >= 4 is 58.2 Å². The van der Waals surface area contributed by atoms with Gasteiger partial charge in [-0.3, -0.25) is 0 Å². The Morgan fingerprint density at radius 3 is 2.71 bits per heavy atom. The highest BCUT2D eigenvalue weighted by atomic mass is 32.1. The molecule has 0 unspecified atom stereocenters. The zero-order valence-electron chi connectivity index (χ0n) is 13.0. The molecule has 1 aliphatic rings. The number of methoxy groups -OCH3 is 1. The van der Waals surface area contributed by atoms with E-state index >= 15 is 0 Å². The highest BCUT2D eigenvalue weighted by Gasteiger charge is 2.30. The van der Waals surface area contributed by atoms with E-state index < -0.39 is 0 Å². The van der Waals surface area contributed by atoms with Crippen LogP contribution in [0.5, 0.6) is 0 Å². The van der Waals surface area contributed by atoms with E-state index in [0.717, 1.165) is 10.6 Å². The molecule has 0 spiro atoms. The van der Waals surface area contributed by atoms with Crippen LogP contribution in [0.25, 0.3) is 11.5 Å². The Labute approximate surface area is 148 Å². The molecule has 1 aliphatic heterocycles. The lowest BCUT2D eigenvalue weighted by Gasteiger charge is -2.23. The van der Waals surface area contributed by atoms with Crippen molar-refractivity contribution < 1.29 is 9.53 Å². The number of carbonyl (C=O) groups excluding carboxylic acids is 1. The number of nitrogens with one attached hydrogen (secondary N) is 1. The minimum absolute atomic E-state index is 0.0671. The molecular weight excluding hydrogens is 337 g/mol. The Morgan fingerprint density at radius 1 is 1.17 bits per heavy atom. The third kappa shape index (κ3) is 2.68. The zero-order valence-corrected chi connectivity index (χ0v) is 14.6. The molecule has 2 aromatic heterocycles. The minimum Gasteiger partial charge on any atom is -0.465 e. The van der Waals surface area contributed by atoms with Crippen molar-refractivity contribution in [2.24, 2.45) is 0 Å². The van der Waals surface area contributed by atoms with E-state index in [1.54, 1.807) is 11.3 Å². The van der Waals surface area contributed by atoms with Crippen LogP contribution in [0.1, 0.15) is 19.4 Å². The Balaban J connectivity index is 1.82. The van der Waals surface area contributed by atoms with Crippen molar-refractivity contribution in [2.75, 3.05) is 12.3 Å². The SMILES string of the molecule is COC(=O)c1cc2c(s1)C=C(c1cccs1)B(c1ccccc1)N2. The van der Waals surface area contributed by atoms with Crippen LogP contribution < -0.4 is 10.7 Å². The molecule has 3 heterocycles. The first-order valence-electron chi connectivity index (χ1n) is 7.55. The smallest absolute Gasteiger partial charge is 0.348 e. The number of ether oxygens (including phenoxy) is 1. The summed E-state index contributed by atoms with van der Waals surface area (Å²) < 4.78 is 4.85. The number of thiophene rings is 2. The molecule has 0 saturated heterocycles. The van der Waals surface area contributed by atoms with Gasteiger partial charge in [-0.05, 0) is 29.1 Å². The maximum absolute atomic E-state index is 11.8. The highest BCUT2D eigenvalue weighted by Crippen LogP contribution is 2.37. The summed E-state index contributed by atoms with van der Waals surface area (Å²) in [5, 5.41) is 5.68. The standard InChI is InChI=1S/C18H14BNO2S2/c1-22-18(21)17-11-14-16(24-17)10-13(15-8-5-9-23-15)19(20-14)12-6-3-2-4-7-12/h2-11,20H,1H3. The quantitative estimate of drug-likeness (QED) is 0.573. The molecule has 0 fully saturated rings. The summed E-state index contributed by atoms with van der Waals surface area (Å²) in [6.07, 6.45) is 2.19. The Hall–Kier alpha value is -2.31. The van der Waals surface area contributed by atoms with E-state index in [0.29, 0.717) is 4.88 Å². The van der Waals surface area contributed by atoms with E-state index in [-0.39, 0.29) is 12.8 Å². The fraction of sp³-hybridized carbons (Fsp3) is 0.0556. The molecule has 1 aromatic carbocycles. The number of hydrogen-bond acceptors (Lipinski definition) is 5. The van der Waals surface area contributed by atoms with Crippen molar-refractivity contribution in [3.63, 3.8) is 0 Å². The monoisotopic (exact) mass is 351 g/mol. The summed E-state index contributed by atoms with van der Waals surface area (Å²) >= 11 is 3.18. The first-order chi connectivity index (χ1) is 11.8. The van der Waals surface area contributed by atoms with E-state index in [1.807, 2.05) is 24.3 Å². The van der Waals surface area contributed by atoms with E-state index in [4.69, 9.17) is 4.74 Å². The van der Waals surface area contributed by atoms with Crippen molar-refractivity contribution in [1.82, 2.24) is 0 Å². The molecule has 3 aromatic rings. The molecule has 0 saturated carbocycles. The second-order valence-corrected chi connectivity index (χ2v) is 7.48. The van der Waals surface area contributed by atoms with E-state index in [1.165, 1.54) is 34.3 Å². The average molecular weight is 351 g/mol. The molecule has 0 atom stereocenters. The van der Waals surface area contributed by atoms with Gasteiger partial charge in [0.25, 0.3) is 0 Å². The fourth-order valence-corrected chi connectivity index (χ4v) is 4.62. The molecule has 4 rings (SSSR count). The lowest BCUT2D eigenvalue weighted by Crippen LogP contribution is -2.41. The summed E-state index contributed by atoms with van der Waals surface area (Å²) in [6.45, 7) is 0.0671. The molecule has 6 heteroatoms. The molecular formula is C18H14BNO2S2. The Kier molecular flexibility index (Phi) is 4.00. The first kappa shape index (κ1) is 15.2. The molecule has 3 nitrogen and oxygen atoms in total. The number of fused-ring (bicyclic) bond motifs is 1. The van der Waals surface area contributed by atoms with Gasteiger partial charge < -0.3 is 9.96 Å². The number of rotatable bonds is 3. The molecule has 0 bridgehead atoms. The minimum atomic E-state index is -0.293. The van der Waals surface area contributed by atoms with Crippen LogP contribution >= 0.6 is 22.7 Å². The van der Waals surface area contributed by atoms with Gasteiger partial charge in [-0.15, -0.1) is 22.7 Å². The van der Waals surface area contributed by atoms with Crippen LogP contribution in [-0.4, -0.2) is 19.9 Å². The van der Waals surface area contributed by atoms with Crippen molar-refractivity contribution in [3.8, 4) is 0 Å². The van der Waals surface area contributed by atoms with Crippen LogP contribution in [0.15, 0.2) is 53.9 Å². The van der Waals surface area contributed by atoms with Gasteiger partial charge in [0.1, 0.15) is 4.88 Å². The van der Waals surface area contributed by atoms with Gasteiger partial charge in [-0.2, -0.15) is 0 Å². The van der Waals surface area contributed by atoms with E-state index in [9.17, 15) is 4.79 Å². The lowest BCUT2D eigenvalue weighted by molar-refractivity contribution is 0.0606. The number of anilines is 1. The van der Waals surface area contributed by atoms with Crippen LogP contribution in [0, 0.1) is 0 Å².